The Balaban J connectivity index is -0.0000000612. The second kappa shape index (κ2) is 15.5. The number of hydrogen-bond acceptors (Lipinski definition) is 1. The smallest absolute Gasteiger partial charge is 1.00 e. The molecule has 0 atom stereocenters. The first-order chi connectivity index (χ1) is 3.39. The van der Waals surface area contributed by atoms with E-state index < -0.39 is 0 Å². The molecule has 0 aliphatic heterocycles. The van der Waals surface area contributed by atoms with Crippen molar-refractivity contribution in [1.29, 1.82) is 0 Å². The van der Waals surface area contributed by atoms with Gasteiger partial charge in [0.1, 0.15) is 0 Å². The van der Waals surface area contributed by atoms with Gasteiger partial charge in [-0.1, -0.05) is 6.07 Å². The number of nitrogens with zero attached hydrogens (tertiary/aromatic N) is 1. The van der Waals surface area contributed by atoms with Crippen molar-refractivity contribution in [3.05, 3.63) is 30.1 Å². The maximum absolute atomic E-state index is 3.98. The largest absolute Gasteiger partial charge is 1.00 e. The topological polar surface area (TPSA) is 12.9 Å². The fourth-order valence-corrected chi connectivity index (χ4v) is 0.448. The van der Waals surface area contributed by atoms with Crippen LogP contribution in [0.2, 0.25) is 0 Å². The van der Waals surface area contributed by atoms with E-state index in [-0.39, 0.29) is 128 Å². The first-order valence-electron chi connectivity index (χ1n) is 2.27. The molecule has 0 aliphatic carbocycles. The summed E-state index contributed by atoms with van der Waals surface area (Å²) in [5, 5.41) is 0. The predicted molar refractivity (Wildman–Crippen MR) is 29.0 cm³/mol. The fraction of sp³-hybridized carbons (Fsp3) is 0.167. The van der Waals surface area contributed by atoms with E-state index in [9.17, 15) is 0 Å². The van der Waals surface area contributed by atoms with Crippen LogP contribution in [0, 0.1) is 6.92 Å². The van der Waals surface area contributed by atoms with E-state index in [1.807, 2.05) is 25.1 Å². The van der Waals surface area contributed by atoms with Gasteiger partial charge in [-0.25, -0.2) is 0 Å². The van der Waals surface area contributed by atoms with E-state index in [0.29, 0.717) is 0 Å². The first kappa shape index (κ1) is 23.7. The Labute approximate surface area is 165 Å². The van der Waals surface area contributed by atoms with Crippen molar-refractivity contribution in [3.63, 3.8) is 0 Å². The number of aromatic nitrogens is 1. The van der Waals surface area contributed by atoms with Gasteiger partial charge in [0.2, 0.25) is 0 Å². The van der Waals surface area contributed by atoms with Gasteiger partial charge in [-0.3, -0.25) is 4.98 Å². The molecule has 1 aromatic rings. The second-order valence-electron chi connectivity index (χ2n) is 1.47. The zero-order valence-electron chi connectivity index (χ0n) is 7.01. The molecule has 0 saturated heterocycles. The van der Waals surface area contributed by atoms with Gasteiger partial charge in [0.15, 0.2) is 0 Å². The second-order valence-corrected chi connectivity index (χ2v) is 1.47. The third kappa shape index (κ3) is 13.0. The molecule has 0 aliphatic rings. The SMILES string of the molecule is Cc1ccccn1.[Cl-].[Cl-].[K+].[K+]. The Morgan fingerprint density at radius 1 is 1.09 bits per heavy atom. The van der Waals surface area contributed by atoms with Gasteiger partial charge in [0.05, 0.1) is 0 Å². The van der Waals surface area contributed by atoms with Crippen LogP contribution >= 0.6 is 0 Å². The fourth-order valence-electron chi connectivity index (χ4n) is 0.448. The van der Waals surface area contributed by atoms with E-state index >= 15 is 0 Å². The zero-order chi connectivity index (χ0) is 5.11. The standard InChI is InChI=1S/C6H7N.2ClH.2K/c1-6-4-2-3-5-7-6;;;;/h2-5H,1H3;2*1H;;/q;;;2*+1/p-2. The Hall–Kier alpha value is 3.00. The number of rotatable bonds is 0. The van der Waals surface area contributed by atoms with Gasteiger partial charge < -0.3 is 24.8 Å². The summed E-state index contributed by atoms with van der Waals surface area (Å²) < 4.78 is 0. The molecule has 0 fully saturated rings. The number of hydrogen-bond donors (Lipinski definition) is 0. The Morgan fingerprint density at radius 3 is 1.82 bits per heavy atom. The van der Waals surface area contributed by atoms with Crippen molar-refractivity contribution < 1.29 is 128 Å². The molecule has 1 rings (SSSR count). The van der Waals surface area contributed by atoms with Crippen LogP contribution in [0.3, 0.4) is 0 Å². The molecular weight excluding hydrogens is 235 g/mol. The van der Waals surface area contributed by atoms with Gasteiger partial charge >= 0.3 is 103 Å². The van der Waals surface area contributed by atoms with Crippen molar-refractivity contribution in [2.24, 2.45) is 0 Å². The normalized spacial score (nSPS) is 5.55. The molecule has 0 aromatic carbocycles. The van der Waals surface area contributed by atoms with Gasteiger partial charge in [0.25, 0.3) is 0 Å². The number of pyridine rings is 1. The minimum atomic E-state index is 0. The molecule has 0 bridgehead atoms. The monoisotopic (exact) mass is 241 g/mol. The summed E-state index contributed by atoms with van der Waals surface area (Å²) in [5.74, 6) is 0. The van der Waals surface area contributed by atoms with Crippen LogP contribution in [0.1, 0.15) is 5.69 Å². The minimum absolute atomic E-state index is 0. The van der Waals surface area contributed by atoms with Crippen LogP contribution < -0.4 is 128 Å². The summed E-state index contributed by atoms with van der Waals surface area (Å²) in [5.41, 5.74) is 1.07. The Bertz CT molecular complexity index is 149. The van der Waals surface area contributed by atoms with Crippen molar-refractivity contribution in [1.82, 2.24) is 4.98 Å². The molecule has 0 amide bonds. The van der Waals surface area contributed by atoms with Crippen molar-refractivity contribution in [2.45, 2.75) is 6.92 Å². The quantitative estimate of drug-likeness (QED) is 0.412. The number of halogens is 2. The predicted octanol–water partition coefficient (Wildman–Crippen LogP) is -10.6. The van der Waals surface area contributed by atoms with Gasteiger partial charge in [-0.2, -0.15) is 0 Å². The van der Waals surface area contributed by atoms with Crippen LogP contribution in [0.5, 0.6) is 0 Å². The molecule has 52 valence electrons. The third-order valence-electron chi connectivity index (χ3n) is 0.813. The van der Waals surface area contributed by atoms with Crippen LogP contribution in [-0.4, -0.2) is 4.98 Å². The van der Waals surface area contributed by atoms with Crippen LogP contribution in [0.25, 0.3) is 0 Å². The van der Waals surface area contributed by atoms with Gasteiger partial charge in [0, 0.05) is 11.9 Å². The van der Waals surface area contributed by atoms with Crippen LogP contribution in [-0.2, 0) is 0 Å². The molecule has 1 heterocycles. The Kier molecular flexibility index (Phi) is 33.3. The minimum Gasteiger partial charge on any atom is -1.00 e. The average molecular weight is 242 g/mol. The first-order valence-corrected chi connectivity index (χ1v) is 2.27. The summed E-state index contributed by atoms with van der Waals surface area (Å²) in [6.07, 6.45) is 1.79. The van der Waals surface area contributed by atoms with Crippen LogP contribution in [0.15, 0.2) is 24.4 Å². The summed E-state index contributed by atoms with van der Waals surface area (Å²) in [4.78, 5) is 3.98. The van der Waals surface area contributed by atoms with Crippen LogP contribution in [0.4, 0.5) is 0 Å². The summed E-state index contributed by atoms with van der Waals surface area (Å²) in [6, 6.07) is 5.86. The van der Waals surface area contributed by atoms with Crippen molar-refractivity contribution >= 4 is 0 Å². The third-order valence-corrected chi connectivity index (χ3v) is 0.813. The van der Waals surface area contributed by atoms with E-state index in [1.54, 1.807) is 6.20 Å². The van der Waals surface area contributed by atoms with Crippen molar-refractivity contribution in [3.8, 4) is 0 Å². The molecule has 0 spiro atoms. The molecular formula is C6H7Cl2K2N. The molecule has 1 nitrogen and oxygen atoms in total. The summed E-state index contributed by atoms with van der Waals surface area (Å²) in [7, 11) is 0. The average Bonchev–Trinajstić information content (AvgIpc) is 1.69. The molecule has 5 heteroatoms. The number of aryl methyl sites for hydroxylation is 1. The molecule has 0 unspecified atom stereocenters. The molecule has 11 heavy (non-hydrogen) atoms. The summed E-state index contributed by atoms with van der Waals surface area (Å²) >= 11 is 0. The molecule has 0 N–H and O–H groups in total. The van der Waals surface area contributed by atoms with E-state index in [0.717, 1.165) is 5.69 Å². The van der Waals surface area contributed by atoms with Gasteiger partial charge in [-0.15, -0.1) is 0 Å². The molecule has 1 aromatic heterocycles. The Morgan fingerprint density at radius 2 is 1.64 bits per heavy atom. The molecule has 0 radical (unpaired) electrons. The molecule has 0 saturated carbocycles. The van der Waals surface area contributed by atoms with Gasteiger partial charge in [-0.05, 0) is 19.1 Å². The zero-order valence-corrected chi connectivity index (χ0v) is 14.8. The maximum Gasteiger partial charge on any atom is 1.00 e. The van der Waals surface area contributed by atoms with E-state index in [1.165, 1.54) is 0 Å². The summed E-state index contributed by atoms with van der Waals surface area (Å²) in [6.45, 7) is 1.97. The van der Waals surface area contributed by atoms with E-state index in [4.69, 9.17) is 0 Å². The van der Waals surface area contributed by atoms with Crippen molar-refractivity contribution in [2.75, 3.05) is 0 Å². The van der Waals surface area contributed by atoms with E-state index in [2.05, 4.69) is 4.98 Å². The maximum atomic E-state index is 3.98.